The van der Waals surface area contributed by atoms with Crippen molar-refractivity contribution in [3.05, 3.63) is 52.8 Å². The molecule has 6 heteroatoms. The zero-order valence-corrected chi connectivity index (χ0v) is 18.9. The van der Waals surface area contributed by atoms with E-state index >= 15 is 0 Å². The van der Waals surface area contributed by atoms with E-state index in [4.69, 9.17) is 0 Å². The highest BCUT2D eigenvalue weighted by Crippen LogP contribution is 2.32. The van der Waals surface area contributed by atoms with Crippen molar-refractivity contribution < 1.29 is 9.59 Å². The molecule has 2 atom stereocenters. The molecule has 2 fully saturated rings. The number of hydrogen-bond acceptors (Lipinski definition) is 3. The van der Waals surface area contributed by atoms with E-state index in [9.17, 15) is 9.59 Å². The van der Waals surface area contributed by atoms with Gasteiger partial charge in [-0.25, -0.2) is 0 Å². The lowest BCUT2D eigenvalue weighted by atomic mass is 9.90. The number of rotatable bonds is 4. The quantitative estimate of drug-likeness (QED) is 0.807. The number of aromatic nitrogens is 2. The highest BCUT2D eigenvalue weighted by Gasteiger charge is 2.34. The van der Waals surface area contributed by atoms with Gasteiger partial charge in [-0.05, 0) is 58.4 Å². The number of nitrogens with zero attached hydrogens (tertiary/aromatic N) is 3. The van der Waals surface area contributed by atoms with Crippen LogP contribution in [-0.4, -0.2) is 57.0 Å². The van der Waals surface area contributed by atoms with Crippen LogP contribution in [0.3, 0.4) is 0 Å². The molecule has 0 unspecified atom stereocenters. The summed E-state index contributed by atoms with van der Waals surface area (Å²) in [6, 6.07) is 8.70. The first kappa shape index (κ1) is 21.6. The normalized spacial score (nSPS) is 22.5. The zero-order valence-electron chi connectivity index (χ0n) is 18.9. The Kier molecular flexibility index (Phi) is 6.44. The van der Waals surface area contributed by atoms with E-state index in [1.807, 2.05) is 21.9 Å². The Balaban J connectivity index is 1.38. The number of benzene rings is 1. The summed E-state index contributed by atoms with van der Waals surface area (Å²) >= 11 is 0. The number of nitrogens with one attached hydrogen (secondary N) is 1. The molecule has 0 spiro atoms. The van der Waals surface area contributed by atoms with Crippen LogP contribution in [0.15, 0.2) is 30.5 Å². The van der Waals surface area contributed by atoms with E-state index < -0.39 is 0 Å². The first-order chi connectivity index (χ1) is 14.9. The monoisotopic (exact) mass is 422 g/mol. The molecule has 0 bridgehead atoms. The fourth-order valence-corrected chi connectivity index (χ4v) is 5.15. The van der Waals surface area contributed by atoms with Crippen LogP contribution < -0.4 is 0 Å². The van der Waals surface area contributed by atoms with Gasteiger partial charge in [0.15, 0.2) is 0 Å². The third kappa shape index (κ3) is 4.68. The van der Waals surface area contributed by atoms with Gasteiger partial charge in [-0.2, -0.15) is 5.10 Å². The maximum absolute atomic E-state index is 13.3. The molecule has 2 aromatic rings. The van der Waals surface area contributed by atoms with Crippen molar-refractivity contribution in [2.24, 2.45) is 0 Å². The maximum atomic E-state index is 13.3. The summed E-state index contributed by atoms with van der Waals surface area (Å²) in [7, 11) is 0. The van der Waals surface area contributed by atoms with Gasteiger partial charge in [-0.15, -0.1) is 0 Å². The van der Waals surface area contributed by atoms with Gasteiger partial charge in [0.2, 0.25) is 5.91 Å². The smallest absolute Gasteiger partial charge is 0.257 e. The Morgan fingerprint density at radius 2 is 1.68 bits per heavy atom. The summed E-state index contributed by atoms with van der Waals surface area (Å²) in [6.45, 7) is 7.78. The number of carbonyl (C=O) groups is 2. The number of H-pyrrole nitrogens is 1. The van der Waals surface area contributed by atoms with Gasteiger partial charge in [0, 0.05) is 31.1 Å². The molecule has 0 radical (unpaired) electrons. The topological polar surface area (TPSA) is 69.3 Å². The lowest BCUT2D eigenvalue weighted by Crippen LogP contribution is -2.47. The van der Waals surface area contributed by atoms with Gasteiger partial charge in [0.1, 0.15) is 0 Å². The third-order valence-electron chi connectivity index (χ3n) is 7.06. The van der Waals surface area contributed by atoms with E-state index in [0.29, 0.717) is 12.0 Å². The summed E-state index contributed by atoms with van der Waals surface area (Å²) in [6.07, 6.45) is 7.15. The average Bonchev–Trinajstić information content (AvgIpc) is 3.25. The summed E-state index contributed by atoms with van der Waals surface area (Å²) in [4.78, 5) is 30.1. The molecule has 2 aliphatic rings. The van der Waals surface area contributed by atoms with E-state index in [-0.39, 0.29) is 29.8 Å². The van der Waals surface area contributed by atoms with Crippen molar-refractivity contribution in [2.45, 2.75) is 77.3 Å². The first-order valence-corrected chi connectivity index (χ1v) is 11.6. The number of likely N-dealkylation sites (tertiary alicyclic amines) is 2. The fraction of sp³-hybridized carbons (Fsp3) is 0.560. The Morgan fingerprint density at radius 1 is 1.03 bits per heavy atom. The van der Waals surface area contributed by atoms with Gasteiger partial charge in [0.05, 0.1) is 23.9 Å². The minimum absolute atomic E-state index is 0.0985. The van der Waals surface area contributed by atoms with Gasteiger partial charge >= 0.3 is 0 Å². The first-order valence-electron chi connectivity index (χ1n) is 11.6. The van der Waals surface area contributed by atoms with Crippen molar-refractivity contribution in [3.63, 3.8) is 0 Å². The molecule has 2 aliphatic heterocycles. The Hall–Kier alpha value is -2.63. The second-order valence-corrected chi connectivity index (χ2v) is 9.36. The highest BCUT2D eigenvalue weighted by atomic mass is 16.2. The van der Waals surface area contributed by atoms with E-state index in [2.05, 4.69) is 43.1 Å². The molecule has 6 nitrogen and oxygen atoms in total. The van der Waals surface area contributed by atoms with Crippen molar-refractivity contribution in [1.82, 2.24) is 20.0 Å². The number of aryl methyl sites for hydroxylation is 1. The molecule has 4 rings (SSSR count). The number of carbonyl (C=O) groups excluding carboxylic acids is 2. The average molecular weight is 423 g/mol. The molecular weight excluding hydrogens is 388 g/mol. The van der Waals surface area contributed by atoms with Gasteiger partial charge in [-0.1, -0.05) is 29.8 Å². The second kappa shape index (κ2) is 9.25. The van der Waals surface area contributed by atoms with E-state index in [1.54, 1.807) is 6.20 Å². The number of piperidine rings is 2. The SMILES string of the molecule is Cc1ccc(CC(=O)N2CCC(c3[nH]ncc3C(=O)N3[C@H](C)CCC[C@@H]3C)CC2)cc1. The Bertz CT molecular complexity index is 902. The fourth-order valence-electron chi connectivity index (χ4n) is 5.15. The molecule has 3 heterocycles. The maximum Gasteiger partial charge on any atom is 0.257 e. The summed E-state index contributed by atoms with van der Waals surface area (Å²) in [5.41, 5.74) is 3.92. The van der Waals surface area contributed by atoms with Gasteiger partial charge in [0.25, 0.3) is 5.91 Å². The molecular formula is C25H34N4O2. The van der Waals surface area contributed by atoms with Crippen molar-refractivity contribution in [2.75, 3.05) is 13.1 Å². The van der Waals surface area contributed by atoms with Crippen LogP contribution in [0, 0.1) is 6.92 Å². The van der Waals surface area contributed by atoms with Crippen LogP contribution in [0.2, 0.25) is 0 Å². The molecule has 0 saturated carbocycles. The molecule has 1 aromatic carbocycles. The van der Waals surface area contributed by atoms with Crippen LogP contribution in [0.5, 0.6) is 0 Å². The standard InChI is InChI=1S/C25H34N4O2/c1-17-7-9-20(10-8-17)15-23(30)28-13-11-21(12-14-28)24-22(16-26-27-24)25(31)29-18(2)5-4-6-19(29)3/h7-10,16,18-19,21H,4-6,11-15H2,1-3H3,(H,26,27)/t18-,19+. The molecule has 1 aromatic heterocycles. The van der Waals surface area contributed by atoms with Gasteiger partial charge in [-0.3, -0.25) is 14.7 Å². The predicted molar refractivity (Wildman–Crippen MR) is 121 cm³/mol. The van der Waals surface area contributed by atoms with Crippen LogP contribution in [0.4, 0.5) is 0 Å². The third-order valence-corrected chi connectivity index (χ3v) is 7.06. The number of aromatic amines is 1. The van der Waals surface area contributed by atoms with Crippen molar-refractivity contribution >= 4 is 11.8 Å². The zero-order chi connectivity index (χ0) is 22.0. The summed E-state index contributed by atoms with van der Waals surface area (Å²) < 4.78 is 0. The summed E-state index contributed by atoms with van der Waals surface area (Å²) in [5, 5.41) is 7.34. The molecule has 31 heavy (non-hydrogen) atoms. The molecule has 1 N–H and O–H groups in total. The minimum atomic E-state index is 0.0985. The van der Waals surface area contributed by atoms with Crippen LogP contribution in [0.25, 0.3) is 0 Å². The molecule has 0 aliphatic carbocycles. The van der Waals surface area contributed by atoms with E-state index in [1.165, 1.54) is 12.0 Å². The Labute approximate surface area is 185 Å². The van der Waals surface area contributed by atoms with Crippen LogP contribution in [-0.2, 0) is 11.2 Å². The summed E-state index contributed by atoms with van der Waals surface area (Å²) in [5.74, 6) is 0.515. The minimum Gasteiger partial charge on any atom is -0.342 e. The largest absolute Gasteiger partial charge is 0.342 e. The lowest BCUT2D eigenvalue weighted by molar-refractivity contribution is -0.131. The van der Waals surface area contributed by atoms with Crippen LogP contribution in [0.1, 0.15) is 79.0 Å². The molecule has 2 amide bonds. The van der Waals surface area contributed by atoms with E-state index in [0.717, 1.165) is 50.0 Å². The molecule has 166 valence electrons. The number of amides is 2. The highest BCUT2D eigenvalue weighted by molar-refractivity contribution is 5.95. The lowest BCUT2D eigenvalue weighted by Gasteiger charge is -2.39. The van der Waals surface area contributed by atoms with Crippen LogP contribution >= 0.6 is 0 Å². The van der Waals surface area contributed by atoms with Gasteiger partial charge < -0.3 is 9.80 Å². The van der Waals surface area contributed by atoms with Crippen molar-refractivity contribution in [3.8, 4) is 0 Å². The Morgan fingerprint density at radius 3 is 2.32 bits per heavy atom. The second-order valence-electron chi connectivity index (χ2n) is 9.36. The van der Waals surface area contributed by atoms with Crippen molar-refractivity contribution in [1.29, 1.82) is 0 Å². The number of hydrogen-bond donors (Lipinski definition) is 1. The molecule has 2 saturated heterocycles. The predicted octanol–water partition coefficient (Wildman–Crippen LogP) is 4.07.